The maximum absolute atomic E-state index is 12.4. The van der Waals surface area contributed by atoms with Gasteiger partial charge in [0.2, 0.25) is 11.8 Å². The van der Waals surface area contributed by atoms with Crippen LogP contribution in [0.1, 0.15) is 19.8 Å². The minimum Gasteiger partial charge on any atom is -0.378 e. The van der Waals surface area contributed by atoms with Gasteiger partial charge < -0.3 is 19.3 Å². The first kappa shape index (κ1) is 14.3. The third-order valence-corrected chi connectivity index (χ3v) is 3.61. The average molecular weight is 270 g/mol. The van der Waals surface area contributed by atoms with E-state index in [2.05, 4.69) is 0 Å². The van der Waals surface area contributed by atoms with E-state index in [1.165, 1.54) is 0 Å². The summed E-state index contributed by atoms with van der Waals surface area (Å²) in [6.45, 7) is 5.54. The predicted molar refractivity (Wildman–Crippen MR) is 68.6 cm³/mol. The van der Waals surface area contributed by atoms with Gasteiger partial charge in [0.25, 0.3) is 0 Å². The van der Waals surface area contributed by atoms with Crippen LogP contribution < -0.4 is 0 Å². The summed E-state index contributed by atoms with van der Waals surface area (Å²) >= 11 is 0. The van der Waals surface area contributed by atoms with E-state index < -0.39 is 0 Å². The third-order valence-electron chi connectivity index (χ3n) is 3.61. The molecule has 2 saturated heterocycles. The van der Waals surface area contributed by atoms with Crippen molar-refractivity contribution in [3.05, 3.63) is 0 Å². The number of rotatable bonds is 4. The van der Waals surface area contributed by atoms with E-state index in [1.54, 1.807) is 9.80 Å². The van der Waals surface area contributed by atoms with Crippen LogP contribution in [0.4, 0.5) is 0 Å². The molecule has 0 bridgehead atoms. The zero-order chi connectivity index (χ0) is 13.7. The van der Waals surface area contributed by atoms with Gasteiger partial charge in [-0.3, -0.25) is 9.59 Å². The minimum absolute atomic E-state index is 0.0608. The lowest BCUT2D eigenvalue weighted by atomic mass is 10.2. The average Bonchev–Trinajstić information content (AvgIpc) is 2.94. The Morgan fingerprint density at radius 1 is 1.26 bits per heavy atom. The lowest BCUT2D eigenvalue weighted by Gasteiger charge is -2.32. The largest absolute Gasteiger partial charge is 0.378 e. The molecule has 2 aliphatic heterocycles. The Kier molecular flexibility index (Phi) is 5.15. The van der Waals surface area contributed by atoms with Crippen molar-refractivity contribution < 1.29 is 19.1 Å². The van der Waals surface area contributed by atoms with Crippen LogP contribution in [0.5, 0.6) is 0 Å². The Hall–Kier alpha value is -1.14. The highest BCUT2D eigenvalue weighted by Gasteiger charge is 2.36. The van der Waals surface area contributed by atoms with E-state index in [4.69, 9.17) is 9.47 Å². The van der Waals surface area contributed by atoms with Crippen molar-refractivity contribution in [1.29, 1.82) is 0 Å². The van der Waals surface area contributed by atoms with Gasteiger partial charge in [0.05, 0.1) is 13.2 Å². The zero-order valence-corrected chi connectivity index (χ0v) is 11.5. The van der Waals surface area contributed by atoms with Crippen LogP contribution in [-0.2, 0) is 19.1 Å². The Morgan fingerprint density at radius 2 is 2.00 bits per heavy atom. The summed E-state index contributed by atoms with van der Waals surface area (Å²) in [5, 5.41) is 0. The Labute approximate surface area is 113 Å². The van der Waals surface area contributed by atoms with Crippen molar-refractivity contribution in [2.45, 2.75) is 25.8 Å². The predicted octanol–water partition coefficient (Wildman–Crippen LogP) is -0.127. The highest BCUT2D eigenvalue weighted by Crippen LogP contribution is 2.20. The molecule has 2 rings (SSSR count). The molecule has 2 fully saturated rings. The number of likely N-dealkylation sites (tertiary alicyclic amines) is 1. The van der Waals surface area contributed by atoms with E-state index in [1.807, 2.05) is 6.92 Å². The summed E-state index contributed by atoms with van der Waals surface area (Å²) in [7, 11) is 0. The molecule has 6 nitrogen and oxygen atoms in total. The first-order valence-corrected chi connectivity index (χ1v) is 6.97. The van der Waals surface area contributed by atoms with Gasteiger partial charge in [-0.15, -0.1) is 0 Å². The first-order valence-electron chi connectivity index (χ1n) is 6.97. The lowest BCUT2D eigenvalue weighted by molar-refractivity contribution is -0.148. The fourth-order valence-corrected chi connectivity index (χ4v) is 2.59. The Morgan fingerprint density at radius 3 is 2.68 bits per heavy atom. The van der Waals surface area contributed by atoms with Crippen molar-refractivity contribution >= 4 is 11.8 Å². The molecule has 0 aromatic carbocycles. The quantitative estimate of drug-likeness (QED) is 0.714. The molecular weight excluding hydrogens is 248 g/mol. The first-order chi connectivity index (χ1) is 9.24. The SMILES string of the molecule is CCOCC(=O)N1CCCC1C(=O)N1CCOCC1. The molecule has 1 unspecified atom stereocenters. The van der Waals surface area contributed by atoms with Crippen molar-refractivity contribution in [1.82, 2.24) is 9.80 Å². The smallest absolute Gasteiger partial charge is 0.249 e. The fraction of sp³-hybridized carbons (Fsp3) is 0.846. The maximum atomic E-state index is 12.4. The summed E-state index contributed by atoms with van der Waals surface area (Å²) in [4.78, 5) is 27.9. The molecule has 0 N–H and O–H groups in total. The number of ether oxygens (including phenoxy) is 2. The second-order valence-electron chi connectivity index (χ2n) is 4.82. The monoisotopic (exact) mass is 270 g/mol. The van der Waals surface area contributed by atoms with Crippen LogP contribution in [0.2, 0.25) is 0 Å². The van der Waals surface area contributed by atoms with Crippen LogP contribution in [0.3, 0.4) is 0 Å². The van der Waals surface area contributed by atoms with Gasteiger partial charge in [0.1, 0.15) is 12.6 Å². The van der Waals surface area contributed by atoms with Gasteiger partial charge in [-0.2, -0.15) is 0 Å². The summed E-state index contributed by atoms with van der Waals surface area (Å²) in [6.07, 6.45) is 1.65. The number of amides is 2. The zero-order valence-electron chi connectivity index (χ0n) is 11.5. The molecule has 19 heavy (non-hydrogen) atoms. The molecule has 108 valence electrons. The lowest BCUT2D eigenvalue weighted by Crippen LogP contribution is -2.51. The van der Waals surface area contributed by atoms with Crippen LogP contribution in [0, 0.1) is 0 Å². The molecule has 0 saturated carbocycles. The molecule has 2 heterocycles. The minimum atomic E-state index is -0.300. The van der Waals surface area contributed by atoms with Crippen LogP contribution in [-0.4, -0.2) is 73.7 Å². The molecule has 0 aromatic rings. The van der Waals surface area contributed by atoms with Crippen LogP contribution >= 0.6 is 0 Å². The van der Waals surface area contributed by atoms with E-state index in [-0.39, 0.29) is 24.5 Å². The summed E-state index contributed by atoms with van der Waals surface area (Å²) in [5.41, 5.74) is 0. The van der Waals surface area contributed by atoms with Gasteiger partial charge in [-0.1, -0.05) is 0 Å². The van der Waals surface area contributed by atoms with Crippen LogP contribution in [0.25, 0.3) is 0 Å². The van der Waals surface area contributed by atoms with Crippen molar-refractivity contribution in [2.24, 2.45) is 0 Å². The number of carbonyl (C=O) groups is 2. The highest BCUT2D eigenvalue weighted by atomic mass is 16.5. The summed E-state index contributed by atoms with van der Waals surface area (Å²) < 4.78 is 10.4. The topological polar surface area (TPSA) is 59.1 Å². The molecule has 2 amide bonds. The number of hydrogen-bond donors (Lipinski definition) is 0. The summed E-state index contributed by atoms with van der Waals surface area (Å²) in [5.74, 6) is -0.0170. The van der Waals surface area contributed by atoms with E-state index in [0.29, 0.717) is 39.5 Å². The highest BCUT2D eigenvalue weighted by molar-refractivity contribution is 5.88. The Bertz CT molecular complexity index is 329. The molecular formula is C13H22N2O4. The molecule has 6 heteroatoms. The van der Waals surface area contributed by atoms with Crippen molar-refractivity contribution in [2.75, 3.05) is 46.1 Å². The molecule has 0 aromatic heterocycles. The number of carbonyl (C=O) groups excluding carboxylic acids is 2. The standard InChI is InChI=1S/C13H22N2O4/c1-2-18-10-12(16)15-5-3-4-11(15)13(17)14-6-8-19-9-7-14/h11H,2-10H2,1H3. The number of hydrogen-bond acceptors (Lipinski definition) is 4. The van der Waals surface area contributed by atoms with Crippen LogP contribution in [0.15, 0.2) is 0 Å². The normalized spacial score (nSPS) is 23.7. The van der Waals surface area contributed by atoms with Gasteiger partial charge >= 0.3 is 0 Å². The molecule has 0 aliphatic carbocycles. The van der Waals surface area contributed by atoms with Crippen molar-refractivity contribution in [3.63, 3.8) is 0 Å². The van der Waals surface area contributed by atoms with E-state index >= 15 is 0 Å². The second-order valence-corrected chi connectivity index (χ2v) is 4.82. The Balaban J connectivity index is 1.93. The van der Waals surface area contributed by atoms with E-state index in [9.17, 15) is 9.59 Å². The number of nitrogens with zero attached hydrogens (tertiary/aromatic N) is 2. The van der Waals surface area contributed by atoms with E-state index in [0.717, 1.165) is 12.8 Å². The van der Waals surface area contributed by atoms with Gasteiger partial charge in [0, 0.05) is 26.2 Å². The molecule has 0 spiro atoms. The number of morpholine rings is 1. The second kappa shape index (κ2) is 6.86. The molecule has 1 atom stereocenters. The van der Waals surface area contributed by atoms with Gasteiger partial charge in [0.15, 0.2) is 0 Å². The maximum Gasteiger partial charge on any atom is 0.249 e. The van der Waals surface area contributed by atoms with Gasteiger partial charge in [-0.25, -0.2) is 0 Å². The molecule has 2 aliphatic rings. The van der Waals surface area contributed by atoms with Gasteiger partial charge in [-0.05, 0) is 19.8 Å². The fourth-order valence-electron chi connectivity index (χ4n) is 2.59. The third kappa shape index (κ3) is 3.45. The summed E-state index contributed by atoms with van der Waals surface area (Å²) in [6, 6.07) is -0.300. The van der Waals surface area contributed by atoms with Crippen molar-refractivity contribution in [3.8, 4) is 0 Å². The molecule has 0 radical (unpaired) electrons.